The molecule has 0 saturated carbocycles. The van der Waals surface area contributed by atoms with Gasteiger partial charge in [-0.1, -0.05) is 30.0 Å². The van der Waals surface area contributed by atoms with E-state index >= 15 is 0 Å². The van der Waals surface area contributed by atoms with Crippen molar-refractivity contribution in [1.29, 1.82) is 0 Å². The molecule has 3 rings (SSSR count). The average molecular weight is 405 g/mol. The Morgan fingerprint density at radius 3 is 2.81 bits per heavy atom. The van der Waals surface area contributed by atoms with Gasteiger partial charge in [0.2, 0.25) is 0 Å². The van der Waals surface area contributed by atoms with E-state index in [1.54, 1.807) is 41.3 Å². The molecule has 1 fully saturated rings. The van der Waals surface area contributed by atoms with Crippen molar-refractivity contribution >= 4 is 51.7 Å². The number of aromatic nitrogens is 2. The molecule has 7 nitrogen and oxygen atoms in total. The lowest BCUT2D eigenvalue weighted by molar-refractivity contribution is -0.122. The molecule has 1 saturated heterocycles. The number of ether oxygens (including phenoxy) is 1. The fourth-order valence-corrected chi connectivity index (χ4v) is 4.04. The van der Waals surface area contributed by atoms with E-state index in [2.05, 4.69) is 4.98 Å². The fraction of sp³-hybridized carbons (Fsp3) is 0.333. The lowest BCUT2D eigenvalue weighted by Gasteiger charge is -2.15. The number of carbonyl (C=O) groups excluding carboxylic acids is 1. The van der Waals surface area contributed by atoms with E-state index in [4.69, 9.17) is 17.0 Å². The zero-order valence-corrected chi connectivity index (χ0v) is 17.0. The normalized spacial score (nSPS) is 16.0. The van der Waals surface area contributed by atoms with Crippen LogP contribution in [0.2, 0.25) is 0 Å². The van der Waals surface area contributed by atoms with Gasteiger partial charge in [-0.2, -0.15) is 0 Å². The SMILES string of the molecule is COCCCN1C(=O)/C(=C/c2c(N(C)C)nc3ccccn3c2=O)SC1=S. The van der Waals surface area contributed by atoms with Crippen molar-refractivity contribution in [1.82, 2.24) is 14.3 Å². The van der Waals surface area contributed by atoms with E-state index in [-0.39, 0.29) is 11.5 Å². The van der Waals surface area contributed by atoms with E-state index in [1.165, 1.54) is 16.2 Å². The number of fused-ring (bicyclic) bond motifs is 1. The molecule has 0 spiro atoms. The number of carbonyl (C=O) groups is 1. The van der Waals surface area contributed by atoms with Gasteiger partial charge < -0.3 is 9.64 Å². The third kappa shape index (κ3) is 3.90. The van der Waals surface area contributed by atoms with E-state index in [1.807, 2.05) is 20.2 Å². The van der Waals surface area contributed by atoms with Gasteiger partial charge in [0.25, 0.3) is 11.5 Å². The van der Waals surface area contributed by atoms with Crippen molar-refractivity contribution in [3.8, 4) is 0 Å². The average Bonchev–Trinajstić information content (AvgIpc) is 2.91. The Morgan fingerprint density at radius 2 is 2.11 bits per heavy atom. The maximum atomic E-state index is 13.0. The second-order valence-electron chi connectivity index (χ2n) is 6.16. The Labute approximate surface area is 166 Å². The van der Waals surface area contributed by atoms with Gasteiger partial charge in [0.15, 0.2) is 0 Å². The van der Waals surface area contributed by atoms with E-state index in [0.717, 1.165) is 0 Å². The molecule has 0 bridgehead atoms. The molecule has 0 unspecified atom stereocenters. The van der Waals surface area contributed by atoms with E-state index in [9.17, 15) is 9.59 Å². The molecule has 0 aliphatic carbocycles. The van der Waals surface area contributed by atoms with Gasteiger partial charge in [0.1, 0.15) is 15.8 Å². The maximum Gasteiger partial charge on any atom is 0.267 e. The minimum absolute atomic E-state index is 0.191. The van der Waals surface area contributed by atoms with Crippen molar-refractivity contribution in [2.24, 2.45) is 0 Å². The van der Waals surface area contributed by atoms with Crippen LogP contribution in [0, 0.1) is 0 Å². The quantitative estimate of drug-likeness (QED) is 0.414. The molecular formula is C18H20N4O3S2. The summed E-state index contributed by atoms with van der Waals surface area (Å²) >= 11 is 6.53. The lowest BCUT2D eigenvalue weighted by Crippen LogP contribution is -2.29. The molecule has 1 aliphatic rings. The summed E-state index contributed by atoms with van der Waals surface area (Å²) in [5.41, 5.74) is 0.686. The van der Waals surface area contributed by atoms with Gasteiger partial charge in [-0.05, 0) is 24.6 Å². The number of thiocarbonyl (C=S) groups is 1. The Bertz CT molecular complexity index is 984. The monoisotopic (exact) mass is 404 g/mol. The van der Waals surface area contributed by atoms with Crippen LogP contribution in [-0.4, -0.2) is 58.9 Å². The van der Waals surface area contributed by atoms with E-state index in [0.29, 0.717) is 45.8 Å². The Morgan fingerprint density at radius 1 is 1.33 bits per heavy atom. The van der Waals surface area contributed by atoms with Crippen LogP contribution >= 0.6 is 24.0 Å². The number of nitrogens with zero attached hydrogens (tertiary/aromatic N) is 4. The minimum Gasteiger partial charge on any atom is -0.385 e. The van der Waals surface area contributed by atoms with Crippen molar-refractivity contribution in [2.45, 2.75) is 6.42 Å². The third-order valence-corrected chi connectivity index (χ3v) is 5.43. The molecule has 0 radical (unpaired) electrons. The van der Waals surface area contributed by atoms with Crippen LogP contribution in [0.4, 0.5) is 5.82 Å². The molecule has 3 heterocycles. The molecule has 27 heavy (non-hydrogen) atoms. The molecule has 1 aliphatic heterocycles. The number of thioether (sulfide) groups is 1. The molecule has 2 aromatic heterocycles. The minimum atomic E-state index is -0.228. The number of anilines is 1. The van der Waals surface area contributed by atoms with Crippen LogP contribution in [0.15, 0.2) is 34.1 Å². The highest BCUT2D eigenvalue weighted by Gasteiger charge is 2.32. The van der Waals surface area contributed by atoms with Crippen molar-refractivity contribution in [3.05, 3.63) is 45.2 Å². The van der Waals surface area contributed by atoms with Crippen molar-refractivity contribution in [3.63, 3.8) is 0 Å². The fourth-order valence-electron chi connectivity index (χ4n) is 2.75. The number of methoxy groups -OCH3 is 1. The van der Waals surface area contributed by atoms with Gasteiger partial charge in [0, 0.05) is 40.6 Å². The summed E-state index contributed by atoms with van der Waals surface area (Å²) in [4.78, 5) is 34.0. The Hall–Kier alpha value is -2.23. The summed E-state index contributed by atoms with van der Waals surface area (Å²) in [5.74, 6) is 0.319. The Balaban J connectivity index is 2.04. The molecule has 0 aromatic carbocycles. The molecule has 142 valence electrons. The molecular weight excluding hydrogens is 384 g/mol. The highest BCUT2D eigenvalue weighted by atomic mass is 32.2. The molecule has 0 atom stereocenters. The second kappa shape index (κ2) is 8.20. The zero-order chi connectivity index (χ0) is 19.6. The van der Waals surface area contributed by atoms with E-state index < -0.39 is 0 Å². The number of pyridine rings is 1. The van der Waals surface area contributed by atoms with Gasteiger partial charge >= 0.3 is 0 Å². The first-order chi connectivity index (χ1) is 12.9. The largest absolute Gasteiger partial charge is 0.385 e. The second-order valence-corrected chi connectivity index (χ2v) is 7.83. The number of amides is 1. The van der Waals surface area contributed by atoms with Gasteiger partial charge in [0.05, 0.1) is 10.5 Å². The van der Waals surface area contributed by atoms with Crippen LogP contribution in [-0.2, 0) is 9.53 Å². The van der Waals surface area contributed by atoms with Gasteiger partial charge in [-0.25, -0.2) is 4.98 Å². The summed E-state index contributed by atoms with van der Waals surface area (Å²) in [5, 5.41) is 0. The Kier molecular flexibility index (Phi) is 5.93. The topological polar surface area (TPSA) is 67.2 Å². The smallest absolute Gasteiger partial charge is 0.267 e. The summed E-state index contributed by atoms with van der Waals surface area (Å²) in [6.07, 6.45) is 3.95. The van der Waals surface area contributed by atoms with Gasteiger partial charge in [-0.15, -0.1) is 0 Å². The van der Waals surface area contributed by atoms with Crippen molar-refractivity contribution in [2.75, 3.05) is 39.3 Å². The number of hydrogen-bond acceptors (Lipinski definition) is 7. The van der Waals surface area contributed by atoms with Gasteiger partial charge in [-0.3, -0.25) is 18.9 Å². The lowest BCUT2D eigenvalue weighted by atomic mass is 10.2. The number of rotatable bonds is 6. The van der Waals surface area contributed by atoms with Crippen molar-refractivity contribution < 1.29 is 9.53 Å². The molecule has 1 amide bonds. The first kappa shape index (κ1) is 19.5. The zero-order valence-electron chi connectivity index (χ0n) is 15.3. The summed E-state index contributed by atoms with van der Waals surface area (Å²) in [6.45, 7) is 1.04. The highest BCUT2D eigenvalue weighted by Crippen LogP contribution is 2.33. The number of hydrogen-bond donors (Lipinski definition) is 0. The molecule has 0 N–H and O–H groups in total. The third-order valence-electron chi connectivity index (χ3n) is 4.05. The maximum absolute atomic E-state index is 13.0. The van der Waals surface area contributed by atoms with Crippen LogP contribution in [0.3, 0.4) is 0 Å². The summed E-state index contributed by atoms with van der Waals surface area (Å²) < 4.78 is 6.99. The van der Waals surface area contributed by atoms with Crippen LogP contribution in [0.5, 0.6) is 0 Å². The molecule has 9 heteroatoms. The highest BCUT2D eigenvalue weighted by molar-refractivity contribution is 8.26. The first-order valence-electron chi connectivity index (χ1n) is 8.37. The van der Waals surface area contributed by atoms with Crippen LogP contribution < -0.4 is 10.5 Å². The summed E-state index contributed by atoms with van der Waals surface area (Å²) in [7, 11) is 5.25. The predicted molar refractivity (Wildman–Crippen MR) is 112 cm³/mol. The molecule has 2 aromatic rings. The predicted octanol–water partition coefficient (Wildman–Crippen LogP) is 2.00. The standard InChI is InChI=1S/C18H20N4O3S2/c1-20(2)15-12(16(23)21-8-5-4-7-14(21)19-15)11-13-17(24)22(18(26)27-13)9-6-10-25-3/h4-5,7-8,11H,6,9-10H2,1-3H3/b13-11-. The first-order valence-corrected chi connectivity index (χ1v) is 9.59. The van der Waals surface area contributed by atoms with Crippen LogP contribution in [0.1, 0.15) is 12.0 Å². The summed E-state index contributed by atoms with van der Waals surface area (Å²) in [6, 6.07) is 5.37. The van der Waals surface area contributed by atoms with Crippen LogP contribution in [0.25, 0.3) is 11.7 Å².